The Balaban J connectivity index is 1.97. The van der Waals surface area contributed by atoms with E-state index in [1.165, 1.54) is 4.90 Å². The minimum Gasteiger partial charge on any atom is -0.315 e. The van der Waals surface area contributed by atoms with Gasteiger partial charge < -0.3 is 10.2 Å². The van der Waals surface area contributed by atoms with Gasteiger partial charge in [0, 0.05) is 28.0 Å². The first-order valence-electron chi connectivity index (χ1n) is 10.4. The number of nitrogens with one attached hydrogen (secondary N) is 1. The van der Waals surface area contributed by atoms with E-state index in [1.54, 1.807) is 53.4 Å². The van der Waals surface area contributed by atoms with Crippen molar-refractivity contribution in [3.05, 3.63) is 58.6 Å². The van der Waals surface area contributed by atoms with Crippen LogP contribution in [0.15, 0.2) is 48.5 Å². The minimum atomic E-state index is -1.00. The maximum absolute atomic E-state index is 13.5. The number of hydrogen-bond donors (Lipinski definition) is 2. The van der Waals surface area contributed by atoms with Crippen LogP contribution in [0.2, 0.25) is 10.0 Å². The van der Waals surface area contributed by atoms with Gasteiger partial charge in [-0.2, -0.15) is 5.06 Å². The normalized spacial score (nSPS) is 17.8. The van der Waals surface area contributed by atoms with E-state index >= 15 is 0 Å². The van der Waals surface area contributed by atoms with E-state index < -0.39 is 17.7 Å². The lowest BCUT2D eigenvalue weighted by atomic mass is 9.98. The fraction of sp³-hybridized carbons (Fsp3) is 0.391. The van der Waals surface area contributed by atoms with Gasteiger partial charge in [0.25, 0.3) is 0 Å². The zero-order valence-corrected chi connectivity index (χ0v) is 20.1. The fourth-order valence-electron chi connectivity index (χ4n) is 3.85. The van der Waals surface area contributed by atoms with Gasteiger partial charge in [0.15, 0.2) is 6.17 Å². The third-order valence-corrected chi connectivity index (χ3v) is 6.01. The Kier molecular flexibility index (Phi) is 7.22. The Bertz CT molecular complexity index is 999. The number of nitrogens with zero attached hydrogens (tertiary/aromatic N) is 3. The highest BCUT2D eigenvalue weighted by atomic mass is 35.5. The largest absolute Gasteiger partial charge is 0.347 e. The highest BCUT2D eigenvalue weighted by Gasteiger charge is 2.55. The topological polar surface area (TPSA) is 76.1 Å². The Labute approximate surface area is 198 Å². The third kappa shape index (κ3) is 4.95. The van der Waals surface area contributed by atoms with E-state index in [9.17, 15) is 14.8 Å². The lowest BCUT2D eigenvalue weighted by Crippen LogP contribution is -2.58. The number of benzene rings is 2. The second-order valence-electron chi connectivity index (χ2n) is 8.78. The first kappa shape index (κ1) is 24.2. The van der Waals surface area contributed by atoms with Crippen molar-refractivity contribution in [2.24, 2.45) is 5.92 Å². The summed E-state index contributed by atoms with van der Waals surface area (Å²) in [6.07, 6.45) is -0.217. The number of urea groups is 2. The Morgan fingerprint density at radius 1 is 1.16 bits per heavy atom. The monoisotopic (exact) mass is 478 g/mol. The standard InChI is InChI=1S/C23H28Cl2N4O3/c1-15(2)11-12-27-22(31)28(19-10-6-8-17(25)14-19)20(23(27,3)4)29(32)21(30)26-18-9-5-7-16(24)13-18/h5-10,13-15,20,32H,11-12H2,1-4H3,(H,26,30)/t20-/m0/s1. The summed E-state index contributed by atoms with van der Waals surface area (Å²) in [7, 11) is 0. The quantitative estimate of drug-likeness (QED) is 0.377. The van der Waals surface area contributed by atoms with Crippen molar-refractivity contribution in [2.45, 2.75) is 45.8 Å². The molecule has 2 aromatic carbocycles. The second kappa shape index (κ2) is 9.57. The van der Waals surface area contributed by atoms with Gasteiger partial charge in [-0.3, -0.25) is 10.1 Å². The molecule has 0 spiro atoms. The highest BCUT2D eigenvalue weighted by Crippen LogP contribution is 2.39. The molecule has 2 N–H and O–H groups in total. The molecule has 0 bridgehead atoms. The summed E-state index contributed by atoms with van der Waals surface area (Å²) in [6, 6.07) is 12.3. The maximum Gasteiger partial charge on any atom is 0.347 e. The first-order chi connectivity index (χ1) is 15.0. The van der Waals surface area contributed by atoms with Crippen molar-refractivity contribution >= 4 is 46.6 Å². The lowest BCUT2D eigenvalue weighted by molar-refractivity contribution is -0.0950. The van der Waals surface area contributed by atoms with E-state index in [4.69, 9.17) is 23.2 Å². The summed E-state index contributed by atoms with van der Waals surface area (Å²) in [4.78, 5) is 29.6. The molecule has 7 nitrogen and oxygen atoms in total. The van der Waals surface area contributed by atoms with Crippen LogP contribution in [0.1, 0.15) is 34.1 Å². The number of carbonyl (C=O) groups is 2. The van der Waals surface area contributed by atoms with Gasteiger partial charge in [0.05, 0.1) is 5.54 Å². The van der Waals surface area contributed by atoms with Crippen molar-refractivity contribution in [1.82, 2.24) is 9.96 Å². The molecular weight excluding hydrogens is 451 g/mol. The number of anilines is 2. The molecule has 0 aromatic heterocycles. The van der Waals surface area contributed by atoms with Gasteiger partial charge in [-0.25, -0.2) is 9.59 Å². The molecule has 1 aliphatic heterocycles. The van der Waals surface area contributed by atoms with Crippen molar-refractivity contribution in [2.75, 3.05) is 16.8 Å². The van der Waals surface area contributed by atoms with Crippen LogP contribution in [0.25, 0.3) is 0 Å². The predicted octanol–water partition coefficient (Wildman–Crippen LogP) is 6.31. The molecule has 1 heterocycles. The molecule has 1 aliphatic rings. The SMILES string of the molecule is CC(C)CCN1C(=O)N(c2cccc(Cl)c2)[C@@H](N(O)C(=O)Nc2cccc(Cl)c2)C1(C)C. The molecule has 9 heteroatoms. The average molecular weight is 479 g/mol. The molecule has 0 radical (unpaired) electrons. The number of carbonyl (C=O) groups excluding carboxylic acids is 2. The van der Waals surface area contributed by atoms with Crippen molar-refractivity contribution in [1.29, 1.82) is 0 Å². The van der Waals surface area contributed by atoms with Crippen LogP contribution < -0.4 is 10.2 Å². The zero-order valence-electron chi connectivity index (χ0n) is 18.5. The summed E-state index contributed by atoms with van der Waals surface area (Å²) >= 11 is 12.2. The van der Waals surface area contributed by atoms with Gasteiger partial charge in [0.2, 0.25) is 0 Å². The van der Waals surface area contributed by atoms with Crippen molar-refractivity contribution in [3.63, 3.8) is 0 Å². The fourth-order valence-corrected chi connectivity index (χ4v) is 4.23. The lowest BCUT2D eigenvalue weighted by Gasteiger charge is -2.38. The van der Waals surface area contributed by atoms with Gasteiger partial charge in [-0.15, -0.1) is 0 Å². The van der Waals surface area contributed by atoms with Crippen LogP contribution in [0.3, 0.4) is 0 Å². The minimum absolute atomic E-state index is 0.308. The molecule has 32 heavy (non-hydrogen) atoms. The molecule has 0 saturated carbocycles. The molecule has 1 atom stereocenters. The number of hydroxylamine groups is 2. The van der Waals surface area contributed by atoms with Crippen LogP contribution >= 0.6 is 23.2 Å². The van der Waals surface area contributed by atoms with E-state index in [0.717, 1.165) is 6.42 Å². The number of halogens is 2. The number of amides is 4. The molecule has 1 fully saturated rings. The predicted molar refractivity (Wildman–Crippen MR) is 127 cm³/mol. The maximum atomic E-state index is 13.5. The average Bonchev–Trinajstić information content (AvgIpc) is 2.90. The zero-order chi connectivity index (χ0) is 23.6. The van der Waals surface area contributed by atoms with Gasteiger partial charge >= 0.3 is 12.1 Å². The van der Waals surface area contributed by atoms with Crippen LogP contribution in [0.4, 0.5) is 21.0 Å². The summed E-state index contributed by atoms with van der Waals surface area (Å²) in [6.45, 7) is 8.31. The van der Waals surface area contributed by atoms with E-state index in [-0.39, 0.29) is 6.03 Å². The van der Waals surface area contributed by atoms with Crippen LogP contribution in [-0.4, -0.2) is 45.5 Å². The van der Waals surface area contributed by atoms with Crippen LogP contribution in [0, 0.1) is 5.92 Å². The highest BCUT2D eigenvalue weighted by molar-refractivity contribution is 6.31. The Morgan fingerprint density at radius 2 is 1.78 bits per heavy atom. The summed E-state index contributed by atoms with van der Waals surface area (Å²) < 4.78 is 0. The van der Waals surface area contributed by atoms with E-state index in [1.807, 2.05) is 13.8 Å². The van der Waals surface area contributed by atoms with E-state index in [2.05, 4.69) is 19.2 Å². The summed E-state index contributed by atoms with van der Waals surface area (Å²) in [5.74, 6) is 0.383. The second-order valence-corrected chi connectivity index (χ2v) is 9.65. The third-order valence-electron chi connectivity index (χ3n) is 5.54. The van der Waals surface area contributed by atoms with E-state index in [0.29, 0.717) is 38.9 Å². The molecule has 2 aromatic rings. The van der Waals surface area contributed by atoms with Gasteiger partial charge in [-0.1, -0.05) is 49.2 Å². The molecule has 3 rings (SSSR count). The number of rotatable bonds is 6. The van der Waals surface area contributed by atoms with Gasteiger partial charge in [0.1, 0.15) is 0 Å². The summed E-state index contributed by atoms with van der Waals surface area (Å²) in [5.41, 5.74) is 0.0196. The molecular formula is C23H28Cl2N4O3. The van der Waals surface area contributed by atoms with Crippen molar-refractivity contribution < 1.29 is 14.8 Å². The molecule has 4 amide bonds. The number of hydrogen-bond acceptors (Lipinski definition) is 3. The molecule has 1 saturated heterocycles. The van der Waals surface area contributed by atoms with Crippen LogP contribution in [-0.2, 0) is 0 Å². The van der Waals surface area contributed by atoms with Crippen molar-refractivity contribution in [3.8, 4) is 0 Å². The Hall–Kier alpha value is -2.48. The first-order valence-corrected chi connectivity index (χ1v) is 11.2. The smallest absolute Gasteiger partial charge is 0.315 e. The van der Waals surface area contributed by atoms with Gasteiger partial charge in [-0.05, 0) is 62.6 Å². The molecule has 0 unspecified atom stereocenters. The molecule has 172 valence electrons. The van der Waals surface area contributed by atoms with Crippen LogP contribution in [0.5, 0.6) is 0 Å². The summed E-state index contributed by atoms with van der Waals surface area (Å²) in [5, 5.41) is 15.1. The Morgan fingerprint density at radius 3 is 2.38 bits per heavy atom. The molecule has 0 aliphatic carbocycles.